The van der Waals surface area contributed by atoms with Crippen LogP contribution in [-0.2, 0) is 16.0 Å². The number of nitrogens with one attached hydrogen (secondary N) is 3. The Morgan fingerprint density at radius 3 is 2.35 bits per heavy atom. The second kappa shape index (κ2) is 9.65. The fraction of sp³-hybridized carbons (Fsp3) is 0.500. The van der Waals surface area contributed by atoms with Crippen molar-refractivity contribution < 1.29 is 19.8 Å². The third-order valence-electron chi connectivity index (χ3n) is 4.28. The first-order valence-corrected chi connectivity index (χ1v) is 8.52. The summed E-state index contributed by atoms with van der Waals surface area (Å²) in [7, 11) is 0. The molecule has 0 unspecified atom stereocenters. The van der Waals surface area contributed by atoms with Gasteiger partial charge in [0.15, 0.2) is 5.96 Å². The van der Waals surface area contributed by atoms with E-state index in [0.717, 1.165) is 16.7 Å². The number of rotatable bonds is 9. The average molecular weight is 364 g/mol. The van der Waals surface area contributed by atoms with Gasteiger partial charge in [-0.2, -0.15) is 0 Å². The highest BCUT2D eigenvalue weighted by Gasteiger charge is 2.24. The Kier molecular flexibility index (Phi) is 7.89. The summed E-state index contributed by atoms with van der Waals surface area (Å²) < 4.78 is 0. The minimum atomic E-state index is -1.10. The number of hydrogen-bond donors (Lipinski definition) is 6. The minimum absolute atomic E-state index is 0.118. The lowest BCUT2D eigenvalue weighted by atomic mass is 9.95. The van der Waals surface area contributed by atoms with E-state index >= 15 is 0 Å². The molecule has 7 N–H and O–H groups in total. The summed E-state index contributed by atoms with van der Waals surface area (Å²) in [6.07, 6.45) is 1.34. The molecule has 2 atom stereocenters. The van der Waals surface area contributed by atoms with E-state index < -0.39 is 12.0 Å². The van der Waals surface area contributed by atoms with Gasteiger partial charge in [-0.1, -0.05) is 6.92 Å². The Labute approximate surface area is 153 Å². The number of nitrogens with two attached hydrogens (primary N) is 1. The monoisotopic (exact) mass is 364 g/mol. The van der Waals surface area contributed by atoms with Crippen LogP contribution in [0.1, 0.15) is 36.5 Å². The van der Waals surface area contributed by atoms with Crippen LogP contribution in [0.3, 0.4) is 0 Å². The number of carbonyl (C=O) groups excluding carboxylic acids is 1. The first-order valence-electron chi connectivity index (χ1n) is 8.52. The second-order valence-corrected chi connectivity index (χ2v) is 6.55. The predicted octanol–water partition coefficient (Wildman–Crippen LogP) is 1.02. The van der Waals surface area contributed by atoms with Gasteiger partial charge in [-0.15, -0.1) is 0 Å². The van der Waals surface area contributed by atoms with Crippen LogP contribution in [-0.4, -0.2) is 40.6 Å². The van der Waals surface area contributed by atoms with Crippen LogP contribution in [0.2, 0.25) is 0 Å². The molecule has 8 nitrogen and oxygen atoms in total. The fourth-order valence-electron chi connectivity index (χ4n) is 2.77. The maximum Gasteiger partial charge on any atom is 0.326 e. The third-order valence-corrected chi connectivity index (χ3v) is 4.28. The zero-order chi connectivity index (χ0) is 19.9. The molecule has 0 saturated heterocycles. The molecule has 0 aliphatic rings. The van der Waals surface area contributed by atoms with Gasteiger partial charge in [-0.05, 0) is 55.5 Å². The molecule has 0 aliphatic carbocycles. The maximum absolute atomic E-state index is 12.3. The quantitative estimate of drug-likeness (QED) is 0.219. The summed E-state index contributed by atoms with van der Waals surface area (Å²) in [6, 6.07) is 2.11. The minimum Gasteiger partial charge on any atom is -0.508 e. The molecular formula is C18H28N4O4. The second-order valence-electron chi connectivity index (χ2n) is 6.55. The van der Waals surface area contributed by atoms with Gasteiger partial charge in [-0.25, -0.2) is 4.79 Å². The van der Waals surface area contributed by atoms with Crippen molar-refractivity contribution in [3.8, 4) is 5.75 Å². The molecule has 0 radical (unpaired) electrons. The smallest absolute Gasteiger partial charge is 0.326 e. The van der Waals surface area contributed by atoms with E-state index in [-0.39, 0.29) is 30.0 Å². The van der Waals surface area contributed by atoms with Crippen molar-refractivity contribution in [3.05, 3.63) is 28.8 Å². The molecule has 0 saturated carbocycles. The molecule has 0 aliphatic heterocycles. The number of phenols is 1. The molecule has 0 aromatic heterocycles. The van der Waals surface area contributed by atoms with Crippen LogP contribution in [0, 0.1) is 25.2 Å². The summed E-state index contributed by atoms with van der Waals surface area (Å²) in [4.78, 5) is 23.9. The molecule has 1 aromatic rings. The van der Waals surface area contributed by atoms with Crippen molar-refractivity contribution in [2.45, 2.75) is 46.1 Å². The van der Waals surface area contributed by atoms with Crippen LogP contribution >= 0.6 is 0 Å². The SMILES string of the molecule is Cc1cc(O)cc(C)c1C[C@H](NC(=O)[C@@H](C)CCCNC(=N)N)C(=O)O. The lowest BCUT2D eigenvalue weighted by Crippen LogP contribution is -2.44. The predicted molar refractivity (Wildman–Crippen MR) is 99.2 cm³/mol. The summed E-state index contributed by atoms with van der Waals surface area (Å²) in [6.45, 7) is 5.82. The number of carboxylic acid groups (broad SMARTS) is 1. The van der Waals surface area contributed by atoms with Gasteiger partial charge < -0.3 is 26.6 Å². The number of amides is 1. The Bertz CT molecular complexity index is 652. The molecule has 1 amide bonds. The van der Waals surface area contributed by atoms with Crippen molar-refractivity contribution in [1.29, 1.82) is 5.41 Å². The highest BCUT2D eigenvalue weighted by Crippen LogP contribution is 2.22. The Morgan fingerprint density at radius 1 is 1.27 bits per heavy atom. The molecule has 1 rings (SSSR count). The van der Waals surface area contributed by atoms with Crippen molar-refractivity contribution >= 4 is 17.8 Å². The topological polar surface area (TPSA) is 149 Å². The number of aliphatic carboxylic acids is 1. The van der Waals surface area contributed by atoms with E-state index in [2.05, 4.69) is 10.6 Å². The molecule has 0 bridgehead atoms. The van der Waals surface area contributed by atoms with Crippen molar-refractivity contribution in [3.63, 3.8) is 0 Å². The van der Waals surface area contributed by atoms with Crippen LogP contribution in [0.25, 0.3) is 0 Å². The van der Waals surface area contributed by atoms with E-state index in [1.165, 1.54) is 0 Å². The van der Waals surface area contributed by atoms with Crippen molar-refractivity contribution in [2.75, 3.05) is 6.54 Å². The molecular weight excluding hydrogens is 336 g/mol. The van der Waals surface area contributed by atoms with Crippen LogP contribution < -0.4 is 16.4 Å². The summed E-state index contributed by atoms with van der Waals surface area (Å²) in [5.41, 5.74) is 7.55. The van der Waals surface area contributed by atoms with Crippen LogP contribution in [0.4, 0.5) is 0 Å². The van der Waals surface area contributed by atoms with E-state index in [0.29, 0.717) is 19.4 Å². The van der Waals surface area contributed by atoms with E-state index in [4.69, 9.17) is 11.1 Å². The normalized spacial score (nSPS) is 12.9. The highest BCUT2D eigenvalue weighted by atomic mass is 16.4. The number of benzene rings is 1. The lowest BCUT2D eigenvalue weighted by Gasteiger charge is -2.20. The number of aromatic hydroxyl groups is 1. The zero-order valence-corrected chi connectivity index (χ0v) is 15.4. The molecule has 0 spiro atoms. The maximum atomic E-state index is 12.3. The van der Waals surface area contributed by atoms with E-state index in [1.54, 1.807) is 32.9 Å². The van der Waals surface area contributed by atoms with Gasteiger partial charge in [0.25, 0.3) is 0 Å². The van der Waals surface area contributed by atoms with Gasteiger partial charge in [0.1, 0.15) is 11.8 Å². The molecule has 144 valence electrons. The summed E-state index contributed by atoms with van der Waals surface area (Å²) in [5, 5.41) is 31.4. The summed E-state index contributed by atoms with van der Waals surface area (Å²) in [5.74, 6) is -1.77. The van der Waals surface area contributed by atoms with Crippen molar-refractivity contribution in [1.82, 2.24) is 10.6 Å². The molecule has 0 heterocycles. The van der Waals surface area contributed by atoms with E-state index in [1.807, 2.05) is 0 Å². The largest absolute Gasteiger partial charge is 0.508 e. The van der Waals surface area contributed by atoms with Gasteiger partial charge in [0.05, 0.1) is 0 Å². The third kappa shape index (κ3) is 6.62. The van der Waals surface area contributed by atoms with Crippen molar-refractivity contribution in [2.24, 2.45) is 11.7 Å². The van der Waals surface area contributed by atoms with Crippen LogP contribution in [0.5, 0.6) is 5.75 Å². The number of guanidine groups is 1. The van der Waals surface area contributed by atoms with Gasteiger partial charge in [0.2, 0.25) is 5.91 Å². The Morgan fingerprint density at radius 2 is 1.85 bits per heavy atom. The standard InChI is InChI=1S/C18H28N4O4/c1-10(5-4-6-21-18(19)20)16(24)22-15(17(25)26)9-14-11(2)7-13(23)8-12(14)3/h7-8,10,15,23H,4-6,9H2,1-3H3,(H,22,24)(H,25,26)(H4,19,20,21)/t10-,15-/m0/s1. The van der Waals surface area contributed by atoms with Crippen LogP contribution in [0.15, 0.2) is 12.1 Å². The first-order chi connectivity index (χ1) is 12.1. The number of aryl methyl sites for hydroxylation is 2. The molecule has 0 fully saturated rings. The first kappa shape index (κ1) is 21.3. The van der Waals surface area contributed by atoms with E-state index in [9.17, 15) is 19.8 Å². The fourth-order valence-corrected chi connectivity index (χ4v) is 2.77. The lowest BCUT2D eigenvalue weighted by molar-refractivity contribution is -0.142. The highest BCUT2D eigenvalue weighted by molar-refractivity contribution is 5.85. The molecule has 26 heavy (non-hydrogen) atoms. The van der Waals surface area contributed by atoms with Gasteiger partial charge >= 0.3 is 5.97 Å². The number of carboxylic acids is 1. The number of phenolic OH excluding ortho intramolecular Hbond substituents is 1. The van der Waals surface area contributed by atoms with Gasteiger partial charge in [0, 0.05) is 18.9 Å². The Balaban J connectivity index is 2.69. The number of hydrogen-bond acceptors (Lipinski definition) is 4. The molecule has 8 heteroatoms. The summed E-state index contributed by atoms with van der Waals surface area (Å²) >= 11 is 0. The molecule has 1 aromatic carbocycles. The average Bonchev–Trinajstić information content (AvgIpc) is 2.52. The number of carbonyl (C=O) groups is 2. The zero-order valence-electron chi connectivity index (χ0n) is 15.4. The van der Waals surface area contributed by atoms with Gasteiger partial charge in [-0.3, -0.25) is 10.2 Å². The Hall–Kier alpha value is -2.77.